The highest BCUT2D eigenvalue weighted by Crippen LogP contribution is 2.41. The minimum absolute atomic E-state index is 0.327. The van der Waals surface area contributed by atoms with Crippen LogP contribution in [0, 0.1) is 12.7 Å². The Labute approximate surface area is 204 Å². The number of morpholine rings is 1. The molecule has 0 radical (unpaired) electrons. The Bertz CT molecular complexity index is 1190. The summed E-state index contributed by atoms with van der Waals surface area (Å²) in [6.07, 6.45) is 1.25. The van der Waals surface area contributed by atoms with Crippen LogP contribution in [0.25, 0.3) is 11.1 Å². The van der Waals surface area contributed by atoms with Gasteiger partial charge in [0.15, 0.2) is 5.75 Å². The fraction of sp³-hybridized carbons (Fsp3) is 0.250. The fourth-order valence-electron chi connectivity index (χ4n) is 3.98. The summed E-state index contributed by atoms with van der Waals surface area (Å²) in [7, 11) is 0. The molecule has 0 N–H and O–H groups in total. The number of carbonyl (C=O) groups is 1. The molecule has 0 amide bonds. The maximum atomic E-state index is 13.6. The Morgan fingerprint density at radius 3 is 2.54 bits per heavy atom. The number of rotatable bonds is 8. The molecule has 1 heterocycles. The van der Waals surface area contributed by atoms with E-state index in [2.05, 4.69) is 23.6 Å². The van der Waals surface area contributed by atoms with E-state index >= 15 is 0 Å². The highest BCUT2D eigenvalue weighted by molar-refractivity contribution is 5.74. The first-order valence-corrected chi connectivity index (χ1v) is 11.4. The average molecular weight is 478 g/mol. The van der Waals surface area contributed by atoms with E-state index in [9.17, 15) is 9.18 Å². The van der Waals surface area contributed by atoms with E-state index < -0.39 is 12.1 Å². The predicted octanol–water partition coefficient (Wildman–Crippen LogP) is 5.80. The van der Waals surface area contributed by atoms with Crippen LogP contribution in [0.5, 0.6) is 11.5 Å². The summed E-state index contributed by atoms with van der Waals surface area (Å²) in [6, 6.07) is 17.8. The Kier molecular flexibility index (Phi) is 7.67. The largest absolute Gasteiger partial charge is 0.481 e. The van der Waals surface area contributed by atoms with Crippen LogP contribution < -0.4 is 14.5 Å². The van der Waals surface area contributed by atoms with Crippen molar-refractivity contribution in [2.45, 2.75) is 20.0 Å². The van der Waals surface area contributed by atoms with Crippen molar-refractivity contribution >= 4 is 11.7 Å². The van der Waals surface area contributed by atoms with Crippen molar-refractivity contribution in [3.63, 3.8) is 0 Å². The van der Waals surface area contributed by atoms with Gasteiger partial charge in [0, 0.05) is 36.8 Å². The molecule has 0 aliphatic carbocycles. The summed E-state index contributed by atoms with van der Waals surface area (Å²) in [4.78, 5) is 23.5. The van der Waals surface area contributed by atoms with Crippen molar-refractivity contribution in [1.82, 2.24) is 0 Å². The van der Waals surface area contributed by atoms with Crippen LogP contribution in [0.4, 0.5) is 10.1 Å². The van der Waals surface area contributed by atoms with Gasteiger partial charge in [-0.05, 0) is 60.5 Å². The van der Waals surface area contributed by atoms with Gasteiger partial charge in [-0.1, -0.05) is 30.8 Å². The molecule has 0 aromatic heterocycles. The Hall–Kier alpha value is -3.84. The molecule has 1 aliphatic heterocycles. The lowest BCUT2D eigenvalue weighted by Crippen LogP contribution is -2.36. The van der Waals surface area contributed by atoms with Crippen molar-refractivity contribution < 1.29 is 28.4 Å². The van der Waals surface area contributed by atoms with Crippen LogP contribution in [-0.4, -0.2) is 32.3 Å². The third-order valence-corrected chi connectivity index (χ3v) is 5.79. The molecule has 3 aromatic rings. The third kappa shape index (κ3) is 5.81. The number of anilines is 1. The van der Waals surface area contributed by atoms with Gasteiger partial charge >= 0.3 is 5.97 Å². The SMILES string of the molecule is C=CC(Oc1c(-c2ccc(F)cc2)ccc(OOC(C)=O)c1C)c1cccc(N2CCOCC2)c1. The number of halogens is 1. The molecule has 0 bridgehead atoms. The van der Waals surface area contributed by atoms with E-state index in [-0.39, 0.29) is 5.82 Å². The Balaban J connectivity index is 1.70. The monoisotopic (exact) mass is 477 g/mol. The molecule has 1 saturated heterocycles. The van der Waals surface area contributed by atoms with Gasteiger partial charge in [-0.15, -0.1) is 0 Å². The molecule has 6 nitrogen and oxygen atoms in total. The molecule has 0 spiro atoms. The minimum Gasteiger partial charge on any atom is -0.481 e. The van der Waals surface area contributed by atoms with Crippen LogP contribution in [0.2, 0.25) is 0 Å². The summed E-state index contributed by atoms with van der Waals surface area (Å²) in [5.41, 5.74) is 4.16. The van der Waals surface area contributed by atoms with E-state index in [1.54, 1.807) is 30.3 Å². The average Bonchev–Trinajstić information content (AvgIpc) is 2.88. The molecule has 1 atom stereocenters. The summed E-state index contributed by atoms with van der Waals surface area (Å²) < 4.78 is 25.6. The molecule has 1 unspecified atom stereocenters. The molecule has 35 heavy (non-hydrogen) atoms. The van der Waals surface area contributed by atoms with Gasteiger partial charge in [-0.25, -0.2) is 9.18 Å². The zero-order chi connectivity index (χ0) is 24.8. The fourth-order valence-corrected chi connectivity index (χ4v) is 3.98. The number of ether oxygens (including phenoxy) is 2. The van der Waals surface area contributed by atoms with Crippen LogP contribution in [0.1, 0.15) is 24.2 Å². The Morgan fingerprint density at radius 2 is 1.86 bits per heavy atom. The minimum atomic E-state index is -0.571. The van der Waals surface area contributed by atoms with E-state index in [4.69, 9.17) is 19.2 Å². The lowest BCUT2D eigenvalue weighted by molar-refractivity contribution is -0.211. The molecule has 0 saturated carbocycles. The molecular weight excluding hydrogens is 449 g/mol. The van der Waals surface area contributed by atoms with E-state index in [0.29, 0.717) is 30.3 Å². The molecular formula is C28H28FNO5. The molecule has 1 aliphatic rings. The quantitative estimate of drug-likeness (QED) is 0.232. The zero-order valence-electron chi connectivity index (χ0n) is 19.8. The highest BCUT2D eigenvalue weighted by atomic mass is 19.1. The summed E-state index contributed by atoms with van der Waals surface area (Å²) in [5, 5.41) is 0. The number of hydrogen-bond acceptors (Lipinski definition) is 6. The number of carbonyl (C=O) groups excluding carboxylic acids is 1. The second-order valence-electron chi connectivity index (χ2n) is 8.20. The molecule has 1 fully saturated rings. The van der Waals surface area contributed by atoms with Crippen molar-refractivity contribution in [3.8, 4) is 22.6 Å². The number of hydrogen-bond donors (Lipinski definition) is 0. The van der Waals surface area contributed by atoms with Crippen molar-refractivity contribution in [2.75, 3.05) is 31.2 Å². The van der Waals surface area contributed by atoms with E-state index in [0.717, 1.165) is 35.5 Å². The van der Waals surface area contributed by atoms with Gasteiger partial charge in [0.1, 0.15) is 17.7 Å². The first kappa shape index (κ1) is 24.3. The first-order valence-electron chi connectivity index (χ1n) is 11.4. The van der Waals surface area contributed by atoms with Crippen LogP contribution in [0.15, 0.2) is 73.3 Å². The van der Waals surface area contributed by atoms with Crippen molar-refractivity contribution in [1.29, 1.82) is 0 Å². The van der Waals surface area contributed by atoms with Gasteiger partial charge in [0.25, 0.3) is 0 Å². The lowest BCUT2D eigenvalue weighted by Gasteiger charge is -2.29. The molecule has 4 rings (SSSR count). The molecule has 3 aromatic carbocycles. The van der Waals surface area contributed by atoms with Crippen LogP contribution in [0.3, 0.4) is 0 Å². The zero-order valence-corrected chi connectivity index (χ0v) is 19.8. The predicted molar refractivity (Wildman–Crippen MR) is 132 cm³/mol. The smallest absolute Gasteiger partial charge is 0.352 e. The number of benzene rings is 3. The summed E-state index contributed by atoms with van der Waals surface area (Å²) in [6.45, 7) is 10.1. The normalized spacial score (nSPS) is 14.2. The summed E-state index contributed by atoms with van der Waals surface area (Å²) >= 11 is 0. The van der Waals surface area contributed by atoms with E-state index in [1.807, 2.05) is 19.1 Å². The second-order valence-corrected chi connectivity index (χ2v) is 8.20. The van der Waals surface area contributed by atoms with Gasteiger partial charge in [0.2, 0.25) is 0 Å². The standard InChI is InChI=1S/C28H28FNO5/c1-4-26(22-6-5-7-24(18-22)30-14-16-32-17-15-30)33-28-19(2)27(35-34-20(3)31)13-12-25(28)21-8-10-23(29)11-9-21/h4-13,18,26H,1,14-17H2,2-3H3. The van der Waals surface area contributed by atoms with Gasteiger partial charge in [0.05, 0.1) is 13.2 Å². The maximum absolute atomic E-state index is 13.6. The van der Waals surface area contributed by atoms with Gasteiger partial charge < -0.3 is 14.4 Å². The third-order valence-electron chi connectivity index (χ3n) is 5.79. The highest BCUT2D eigenvalue weighted by Gasteiger charge is 2.21. The van der Waals surface area contributed by atoms with Crippen molar-refractivity contribution in [2.24, 2.45) is 0 Å². The second kappa shape index (κ2) is 11.1. The topological polar surface area (TPSA) is 57.2 Å². The van der Waals surface area contributed by atoms with E-state index in [1.165, 1.54) is 19.1 Å². The first-order chi connectivity index (χ1) is 17.0. The number of nitrogens with zero attached hydrogens (tertiary/aromatic N) is 1. The van der Waals surface area contributed by atoms with Crippen LogP contribution >= 0.6 is 0 Å². The molecule has 7 heteroatoms. The summed E-state index contributed by atoms with van der Waals surface area (Å²) in [5.74, 6) is -0.0427. The van der Waals surface area contributed by atoms with Gasteiger partial charge in [-0.3, -0.25) is 9.78 Å². The Morgan fingerprint density at radius 1 is 1.11 bits per heavy atom. The van der Waals surface area contributed by atoms with Crippen molar-refractivity contribution in [3.05, 3.63) is 90.3 Å². The van der Waals surface area contributed by atoms with Crippen LogP contribution in [-0.2, 0) is 14.4 Å². The lowest BCUT2D eigenvalue weighted by atomic mass is 10.0. The maximum Gasteiger partial charge on any atom is 0.352 e. The van der Waals surface area contributed by atoms with Gasteiger partial charge in [-0.2, -0.15) is 0 Å². The molecule has 182 valence electrons.